The minimum atomic E-state index is -0.255. The highest BCUT2D eigenvalue weighted by molar-refractivity contribution is 6.03. The van der Waals surface area contributed by atoms with Gasteiger partial charge in [-0.3, -0.25) is 9.59 Å². The number of likely N-dealkylation sites (N-methyl/N-ethyl adjacent to an activating group) is 1. The summed E-state index contributed by atoms with van der Waals surface area (Å²) in [7, 11) is 3.55. The van der Waals surface area contributed by atoms with Crippen LogP contribution in [-0.2, 0) is 16.0 Å². The van der Waals surface area contributed by atoms with Crippen molar-refractivity contribution in [3.05, 3.63) is 35.5 Å². The lowest BCUT2D eigenvalue weighted by atomic mass is 9.67. The number of nitrogens with one attached hydrogen (secondary N) is 1. The number of esters is 1. The number of likely N-dealkylation sites (tertiary alicyclic amines) is 1. The van der Waals surface area contributed by atoms with Crippen LogP contribution in [0.5, 0.6) is 0 Å². The average Bonchev–Trinajstić information content (AvgIpc) is 3.01. The van der Waals surface area contributed by atoms with Gasteiger partial charge in [0, 0.05) is 29.9 Å². The van der Waals surface area contributed by atoms with Crippen LogP contribution in [0.1, 0.15) is 35.8 Å². The molecule has 1 saturated heterocycles. The van der Waals surface area contributed by atoms with Crippen molar-refractivity contribution in [2.75, 3.05) is 20.7 Å². The molecular formula is C21H26N2O3. The summed E-state index contributed by atoms with van der Waals surface area (Å²) >= 11 is 0. The number of Topliss-reactive ketones (excluding diaryl/α,β-unsaturated/α-hetero) is 1. The van der Waals surface area contributed by atoms with Crippen molar-refractivity contribution in [2.45, 2.75) is 32.2 Å². The van der Waals surface area contributed by atoms with Crippen LogP contribution >= 0.6 is 0 Å². The molecular weight excluding hydrogens is 328 g/mol. The minimum Gasteiger partial charge on any atom is -0.469 e. The van der Waals surface area contributed by atoms with Crippen molar-refractivity contribution in [3.8, 4) is 0 Å². The molecule has 2 bridgehead atoms. The molecule has 5 heteroatoms. The molecule has 5 nitrogen and oxygen atoms in total. The fraction of sp³-hybridized carbons (Fsp3) is 0.524. The van der Waals surface area contributed by atoms with Crippen LogP contribution in [0.3, 0.4) is 0 Å². The zero-order valence-electron chi connectivity index (χ0n) is 15.6. The number of ether oxygens (including phenoxy) is 1. The van der Waals surface area contributed by atoms with Gasteiger partial charge in [-0.05, 0) is 36.9 Å². The number of piperidine rings is 1. The Hall–Kier alpha value is -2.14. The molecule has 2 aliphatic rings. The number of H-pyrrole nitrogens is 1. The van der Waals surface area contributed by atoms with E-state index in [0.29, 0.717) is 18.8 Å². The van der Waals surface area contributed by atoms with Gasteiger partial charge in [0.1, 0.15) is 0 Å². The first-order valence-electron chi connectivity index (χ1n) is 9.46. The maximum Gasteiger partial charge on any atom is 0.310 e. The third-order valence-electron chi connectivity index (χ3n) is 6.49. The Balaban J connectivity index is 1.88. The van der Waals surface area contributed by atoms with Crippen LogP contribution in [0, 0.1) is 17.8 Å². The molecule has 26 heavy (non-hydrogen) atoms. The topological polar surface area (TPSA) is 62.4 Å². The zero-order valence-corrected chi connectivity index (χ0v) is 15.6. The normalized spacial score (nSPS) is 29.1. The molecule has 1 aliphatic heterocycles. The van der Waals surface area contributed by atoms with Gasteiger partial charge in [-0.2, -0.15) is 0 Å². The first-order valence-corrected chi connectivity index (χ1v) is 9.46. The summed E-state index contributed by atoms with van der Waals surface area (Å²) in [5.74, 6) is 0.0584. The fourth-order valence-electron chi connectivity index (χ4n) is 5.15. The van der Waals surface area contributed by atoms with Crippen LogP contribution in [-0.4, -0.2) is 48.4 Å². The Kier molecular flexibility index (Phi) is 4.35. The van der Waals surface area contributed by atoms with Crippen LogP contribution in [0.15, 0.2) is 24.3 Å². The molecule has 1 aromatic carbocycles. The molecule has 0 amide bonds. The summed E-state index contributed by atoms with van der Waals surface area (Å²) in [6.45, 7) is 3.06. The van der Waals surface area contributed by atoms with Gasteiger partial charge >= 0.3 is 5.97 Å². The average molecular weight is 354 g/mol. The first kappa shape index (κ1) is 17.3. The number of aromatic amines is 1. The number of benzene rings is 1. The molecule has 2 heterocycles. The van der Waals surface area contributed by atoms with Crippen molar-refractivity contribution in [1.29, 1.82) is 0 Å². The van der Waals surface area contributed by atoms with E-state index < -0.39 is 0 Å². The predicted octanol–water partition coefficient (Wildman–Crippen LogP) is 3.04. The SMILES string of the molecule is CC[C@H]1CN(C)[C@@H]2Cc3c([nH]c4ccccc34)C(=O)C[C@@H]1[C@@H]2C(=O)OC. The quantitative estimate of drug-likeness (QED) is 0.842. The highest BCUT2D eigenvalue weighted by Crippen LogP contribution is 2.42. The number of methoxy groups -OCH3 is 1. The molecule has 0 saturated carbocycles. The summed E-state index contributed by atoms with van der Waals surface area (Å²) in [4.78, 5) is 31.5. The maximum absolute atomic E-state index is 13.1. The highest BCUT2D eigenvalue weighted by atomic mass is 16.5. The van der Waals surface area contributed by atoms with Crippen LogP contribution in [0.4, 0.5) is 0 Å². The second-order valence-electron chi connectivity index (χ2n) is 7.74. The predicted molar refractivity (Wildman–Crippen MR) is 100 cm³/mol. The van der Waals surface area contributed by atoms with Crippen LogP contribution < -0.4 is 0 Å². The second kappa shape index (κ2) is 6.54. The molecule has 138 valence electrons. The smallest absolute Gasteiger partial charge is 0.310 e. The summed E-state index contributed by atoms with van der Waals surface area (Å²) in [6.07, 6.45) is 2.05. The number of nitrogens with zero attached hydrogens (tertiary/aromatic N) is 1. The van der Waals surface area contributed by atoms with E-state index in [9.17, 15) is 9.59 Å². The van der Waals surface area contributed by atoms with Crippen molar-refractivity contribution in [2.24, 2.45) is 17.8 Å². The van der Waals surface area contributed by atoms with Gasteiger partial charge in [0.25, 0.3) is 0 Å². The number of hydrogen-bond acceptors (Lipinski definition) is 4. The molecule has 2 aromatic rings. The molecule has 0 radical (unpaired) electrons. The van der Waals surface area contributed by atoms with Crippen molar-refractivity contribution in [3.63, 3.8) is 0 Å². The van der Waals surface area contributed by atoms with Gasteiger partial charge < -0.3 is 14.6 Å². The number of rotatable bonds is 2. The van der Waals surface area contributed by atoms with Gasteiger partial charge in [-0.1, -0.05) is 31.5 Å². The number of para-hydroxylation sites is 1. The Morgan fingerprint density at radius 1 is 1.31 bits per heavy atom. The largest absolute Gasteiger partial charge is 0.469 e. The second-order valence-corrected chi connectivity index (χ2v) is 7.74. The van der Waals surface area contributed by atoms with E-state index in [1.54, 1.807) is 0 Å². The van der Waals surface area contributed by atoms with Crippen molar-refractivity contribution in [1.82, 2.24) is 9.88 Å². The molecule has 4 atom stereocenters. The maximum atomic E-state index is 13.1. The number of aromatic nitrogens is 1. The lowest BCUT2D eigenvalue weighted by molar-refractivity contribution is -0.154. The van der Waals surface area contributed by atoms with Crippen LogP contribution in [0.25, 0.3) is 10.9 Å². The lowest BCUT2D eigenvalue weighted by Crippen LogP contribution is -2.56. The standard InChI is InChI=1S/C21H26N2O3/c1-4-12-11-23(2)17-9-15-13-7-5-6-8-16(13)22-20(15)18(24)10-14(12)19(17)21(25)26-3/h5-8,12,14,17,19,22H,4,9-11H2,1-3H3/t12-,14-,17+,19-/m0/s1. The third-order valence-corrected chi connectivity index (χ3v) is 6.49. The summed E-state index contributed by atoms with van der Waals surface area (Å²) in [5, 5.41) is 1.09. The van der Waals surface area contributed by atoms with E-state index >= 15 is 0 Å². The molecule has 1 aromatic heterocycles. The zero-order chi connectivity index (χ0) is 18.4. The van der Waals surface area contributed by atoms with E-state index in [4.69, 9.17) is 4.74 Å². The van der Waals surface area contributed by atoms with E-state index in [1.807, 2.05) is 18.2 Å². The number of ketones is 1. The number of hydrogen-bond donors (Lipinski definition) is 1. The number of carbonyl (C=O) groups is 2. The van der Waals surface area contributed by atoms with E-state index in [-0.39, 0.29) is 29.6 Å². The Labute approximate surface area is 153 Å². The van der Waals surface area contributed by atoms with Gasteiger partial charge in [-0.25, -0.2) is 0 Å². The van der Waals surface area contributed by atoms with E-state index in [2.05, 4.69) is 29.9 Å². The number of fused-ring (bicyclic) bond motifs is 5. The van der Waals surface area contributed by atoms with E-state index in [0.717, 1.165) is 35.1 Å². The molecule has 1 fully saturated rings. The third kappa shape index (κ3) is 2.57. The van der Waals surface area contributed by atoms with Gasteiger partial charge in [0.15, 0.2) is 5.78 Å². The van der Waals surface area contributed by atoms with Crippen molar-refractivity contribution < 1.29 is 14.3 Å². The lowest BCUT2D eigenvalue weighted by Gasteiger charge is -2.47. The Morgan fingerprint density at radius 2 is 2.08 bits per heavy atom. The molecule has 0 spiro atoms. The Bertz CT molecular complexity index is 856. The fourth-order valence-corrected chi connectivity index (χ4v) is 5.15. The molecule has 0 unspecified atom stereocenters. The summed E-state index contributed by atoms with van der Waals surface area (Å²) in [5.41, 5.74) is 2.77. The number of carbonyl (C=O) groups excluding carboxylic acids is 2. The molecule has 1 N–H and O–H groups in total. The summed E-state index contributed by atoms with van der Waals surface area (Å²) < 4.78 is 5.17. The minimum absolute atomic E-state index is 0.0423. The molecule has 1 aliphatic carbocycles. The summed E-state index contributed by atoms with van der Waals surface area (Å²) in [6, 6.07) is 8.10. The monoisotopic (exact) mass is 354 g/mol. The highest BCUT2D eigenvalue weighted by Gasteiger charge is 2.48. The van der Waals surface area contributed by atoms with Gasteiger partial charge in [0.2, 0.25) is 0 Å². The first-order chi connectivity index (χ1) is 12.5. The van der Waals surface area contributed by atoms with Gasteiger partial charge in [0.05, 0.1) is 18.7 Å². The molecule has 4 rings (SSSR count). The van der Waals surface area contributed by atoms with Gasteiger partial charge in [-0.15, -0.1) is 0 Å². The van der Waals surface area contributed by atoms with E-state index in [1.165, 1.54) is 7.11 Å². The van der Waals surface area contributed by atoms with Crippen molar-refractivity contribution >= 4 is 22.7 Å². The Morgan fingerprint density at radius 3 is 2.81 bits per heavy atom. The van der Waals surface area contributed by atoms with Crippen LogP contribution in [0.2, 0.25) is 0 Å².